The molecule has 1 N–H and O–H groups in total. The number of amides is 2. The van der Waals surface area contributed by atoms with Crippen LogP contribution in [0.25, 0.3) is 0 Å². The Labute approximate surface area is 152 Å². The molecule has 2 amide bonds. The van der Waals surface area contributed by atoms with Gasteiger partial charge in [0.05, 0.1) is 17.0 Å². The summed E-state index contributed by atoms with van der Waals surface area (Å²) in [5, 5.41) is 3.51. The van der Waals surface area contributed by atoms with E-state index in [-0.39, 0.29) is 17.8 Å². The van der Waals surface area contributed by atoms with Gasteiger partial charge in [0.1, 0.15) is 6.04 Å². The topological polar surface area (TPSA) is 75.7 Å². The molecule has 0 spiro atoms. The molecule has 7 heteroatoms. The summed E-state index contributed by atoms with van der Waals surface area (Å²) >= 11 is 1.25. The number of carbonyl (C=O) groups is 3. The van der Waals surface area contributed by atoms with Crippen molar-refractivity contribution < 1.29 is 19.1 Å². The molecule has 1 aliphatic heterocycles. The van der Waals surface area contributed by atoms with Gasteiger partial charge >= 0.3 is 5.97 Å². The number of anilines is 1. The first-order chi connectivity index (χ1) is 11.6. The fourth-order valence-electron chi connectivity index (χ4n) is 2.74. The van der Waals surface area contributed by atoms with Gasteiger partial charge in [0, 0.05) is 12.0 Å². The number of carbonyl (C=O) groups excluding carboxylic acids is 3. The molecule has 1 aliphatic rings. The lowest BCUT2D eigenvalue weighted by Gasteiger charge is -2.33. The SMILES string of the molecule is COC(=O)C1CCCCN1C(=O)c1sc(NC(=O)C(C)(C)C)cc1C. The van der Waals surface area contributed by atoms with Crippen molar-refractivity contribution in [2.24, 2.45) is 5.41 Å². The van der Waals surface area contributed by atoms with Gasteiger partial charge in [0.15, 0.2) is 0 Å². The van der Waals surface area contributed by atoms with Crippen molar-refractivity contribution in [2.45, 2.75) is 53.0 Å². The summed E-state index contributed by atoms with van der Waals surface area (Å²) in [6.45, 7) is 7.89. The van der Waals surface area contributed by atoms with Crippen molar-refractivity contribution in [3.8, 4) is 0 Å². The normalized spacial score (nSPS) is 18.0. The number of rotatable bonds is 3. The Morgan fingerprint density at radius 2 is 1.96 bits per heavy atom. The number of aryl methyl sites for hydroxylation is 1. The van der Waals surface area contributed by atoms with E-state index >= 15 is 0 Å². The molecule has 6 nitrogen and oxygen atoms in total. The average molecular weight is 366 g/mol. The molecule has 138 valence electrons. The van der Waals surface area contributed by atoms with Crippen LogP contribution in [0.4, 0.5) is 5.00 Å². The highest BCUT2D eigenvalue weighted by Gasteiger charge is 2.34. The van der Waals surface area contributed by atoms with Crippen molar-refractivity contribution in [2.75, 3.05) is 19.0 Å². The van der Waals surface area contributed by atoms with Gasteiger partial charge in [-0.3, -0.25) is 9.59 Å². The Kier molecular flexibility index (Phi) is 5.87. The van der Waals surface area contributed by atoms with Crippen LogP contribution in [-0.4, -0.2) is 42.4 Å². The van der Waals surface area contributed by atoms with E-state index in [1.165, 1.54) is 18.4 Å². The Morgan fingerprint density at radius 3 is 2.56 bits per heavy atom. The van der Waals surface area contributed by atoms with Gasteiger partial charge in [-0.2, -0.15) is 0 Å². The van der Waals surface area contributed by atoms with Crippen LogP contribution in [-0.2, 0) is 14.3 Å². The molecule has 2 rings (SSSR count). The van der Waals surface area contributed by atoms with E-state index in [0.29, 0.717) is 22.8 Å². The number of methoxy groups -OCH3 is 1. The van der Waals surface area contributed by atoms with Gasteiger partial charge in [0.2, 0.25) is 5.91 Å². The number of nitrogens with one attached hydrogen (secondary N) is 1. The smallest absolute Gasteiger partial charge is 0.328 e. The van der Waals surface area contributed by atoms with Gasteiger partial charge in [-0.1, -0.05) is 20.8 Å². The van der Waals surface area contributed by atoms with Crippen molar-refractivity contribution in [3.05, 3.63) is 16.5 Å². The van der Waals surface area contributed by atoms with Gasteiger partial charge < -0.3 is 15.0 Å². The average Bonchev–Trinajstić information content (AvgIpc) is 2.92. The van der Waals surface area contributed by atoms with Crippen LogP contribution in [0.3, 0.4) is 0 Å². The third kappa shape index (κ3) is 4.39. The van der Waals surface area contributed by atoms with Crippen LogP contribution in [0.2, 0.25) is 0 Å². The minimum Gasteiger partial charge on any atom is -0.467 e. The van der Waals surface area contributed by atoms with Crippen molar-refractivity contribution >= 4 is 34.1 Å². The van der Waals surface area contributed by atoms with E-state index in [9.17, 15) is 14.4 Å². The van der Waals surface area contributed by atoms with Crippen LogP contribution in [0.5, 0.6) is 0 Å². The first-order valence-corrected chi connectivity index (χ1v) is 9.27. The summed E-state index contributed by atoms with van der Waals surface area (Å²) in [5.41, 5.74) is 0.290. The highest BCUT2D eigenvalue weighted by Crippen LogP contribution is 2.31. The molecule has 2 heterocycles. The zero-order valence-corrected chi connectivity index (χ0v) is 16.3. The maximum atomic E-state index is 13.0. The van der Waals surface area contributed by atoms with Gasteiger partial charge in [0.25, 0.3) is 5.91 Å². The Bertz CT molecular complexity index is 675. The van der Waals surface area contributed by atoms with Gasteiger partial charge in [-0.05, 0) is 37.8 Å². The van der Waals surface area contributed by atoms with E-state index in [0.717, 1.165) is 18.4 Å². The molecule has 0 aliphatic carbocycles. The van der Waals surface area contributed by atoms with Gasteiger partial charge in [-0.25, -0.2) is 4.79 Å². The number of piperidine rings is 1. The molecule has 1 aromatic heterocycles. The lowest BCUT2D eigenvalue weighted by Crippen LogP contribution is -2.48. The predicted octanol–water partition coefficient (Wildman–Crippen LogP) is 3.21. The zero-order valence-electron chi connectivity index (χ0n) is 15.5. The molecule has 1 saturated heterocycles. The summed E-state index contributed by atoms with van der Waals surface area (Å²) in [7, 11) is 1.34. The fraction of sp³-hybridized carbons (Fsp3) is 0.611. The Morgan fingerprint density at radius 1 is 1.28 bits per heavy atom. The summed E-state index contributed by atoms with van der Waals surface area (Å²) in [5.74, 6) is -0.643. The summed E-state index contributed by atoms with van der Waals surface area (Å²) in [6, 6.07) is 1.28. The molecule has 25 heavy (non-hydrogen) atoms. The molecular weight excluding hydrogens is 340 g/mol. The molecule has 0 radical (unpaired) electrons. The molecule has 0 aromatic carbocycles. The highest BCUT2D eigenvalue weighted by atomic mass is 32.1. The quantitative estimate of drug-likeness (QED) is 0.834. The van der Waals surface area contributed by atoms with E-state index < -0.39 is 11.5 Å². The number of ether oxygens (including phenoxy) is 1. The van der Waals surface area contributed by atoms with E-state index in [1.807, 2.05) is 27.7 Å². The predicted molar refractivity (Wildman–Crippen MR) is 97.8 cm³/mol. The van der Waals surface area contributed by atoms with Crippen LogP contribution in [0.1, 0.15) is 55.3 Å². The third-order valence-corrected chi connectivity index (χ3v) is 5.41. The minimum absolute atomic E-state index is 0.0989. The second kappa shape index (κ2) is 7.56. The highest BCUT2D eigenvalue weighted by molar-refractivity contribution is 7.18. The first kappa shape index (κ1) is 19.4. The maximum absolute atomic E-state index is 13.0. The van der Waals surface area contributed by atoms with E-state index in [2.05, 4.69) is 5.32 Å². The lowest BCUT2D eigenvalue weighted by molar-refractivity contribution is -0.147. The van der Waals surface area contributed by atoms with Crippen LogP contribution in [0, 0.1) is 12.3 Å². The molecule has 0 saturated carbocycles. The van der Waals surface area contributed by atoms with E-state index in [4.69, 9.17) is 4.74 Å². The van der Waals surface area contributed by atoms with Gasteiger partial charge in [-0.15, -0.1) is 11.3 Å². The summed E-state index contributed by atoms with van der Waals surface area (Å²) in [6.07, 6.45) is 2.40. The Balaban J connectivity index is 2.21. The number of esters is 1. The molecule has 1 aromatic rings. The largest absolute Gasteiger partial charge is 0.467 e. The molecule has 1 fully saturated rings. The number of nitrogens with zero attached hydrogens (tertiary/aromatic N) is 1. The summed E-state index contributed by atoms with van der Waals surface area (Å²) in [4.78, 5) is 39.3. The molecule has 0 bridgehead atoms. The standard InChI is InChI=1S/C18H26N2O4S/c1-11-10-13(19-17(23)18(2,3)4)25-14(11)15(21)20-9-7-6-8-12(20)16(22)24-5/h10,12H,6-9H2,1-5H3,(H,19,23). The third-order valence-electron chi connectivity index (χ3n) is 4.27. The zero-order chi connectivity index (χ0) is 18.8. The van der Waals surface area contributed by atoms with Crippen molar-refractivity contribution in [1.82, 2.24) is 4.90 Å². The number of thiophene rings is 1. The number of hydrogen-bond donors (Lipinski definition) is 1. The molecule has 1 unspecified atom stereocenters. The number of likely N-dealkylation sites (tertiary alicyclic amines) is 1. The minimum atomic E-state index is -0.527. The second-order valence-electron chi connectivity index (χ2n) is 7.36. The second-order valence-corrected chi connectivity index (χ2v) is 8.41. The van der Waals surface area contributed by atoms with Crippen molar-refractivity contribution in [1.29, 1.82) is 0 Å². The van der Waals surface area contributed by atoms with Crippen LogP contribution >= 0.6 is 11.3 Å². The van der Waals surface area contributed by atoms with Crippen LogP contribution in [0.15, 0.2) is 6.07 Å². The number of hydrogen-bond acceptors (Lipinski definition) is 5. The first-order valence-electron chi connectivity index (χ1n) is 8.46. The fourth-order valence-corrected chi connectivity index (χ4v) is 3.77. The monoisotopic (exact) mass is 366 g/mol. The molecule has 1 atom stereocenters. The maximum Gasteiger partial charge on any atom is 0.328 e. The lowest BCUT2D eigenvalue weighted by atomic mass is 9.96. The summed E-state index contributed by atoms with van der Waals surface area (Å²) < 4.78 is 4.85. The van der Waals surface area contributed by atoms with Crippen molar-refractivity contribution in [3.63, 3.8) is 0 Å². The Hall–Kier alpha value is -1.89. The molecular formula is C18H26N2O4S. The van der Waals surface area contributed by atoms with E-state index in [1.54, 1.807) is 11.0 Å². The van der Waals surface area contributed by atoms with Crippen LogP contribution < -0.4 is 5.32 Å².